The lowest BCUT2D eigenvalue weighted by Gasteiger charge is -2.10. The second kappa shape index (κ2) is 6.39. The molecule has 4 rings (SSSR count). The van der Waals surface area contributed by atoms with Crippen molar-refractivity contribution in [2.45, 2.75) is 13.8 Å². The van der Waals surface area contributed by atoms with E-state index in [9.17, 15) is 0 Å². The SMILES string of the molecule is Cc1ccc(OCCNc2nc3ccccc3c3nc(C)nn23)cc1. The molecule has 0 radical (unpaired) electrons. The van der Waals surface area contributed by atoms with Gasteiger partial charge in [-0.05, 0) is 38.1 Å². The number of hydrogen-bond donors (Lipinski definition) is 1. The van der Waals surface area contributed by atoms with Crippen molar-refractivity contribution < 1.29 is 4.74 Å². The predicted molar refractivity (Wildman–Crippen MR) is 98.2 cm³/mol. The highest BCUT2D eigenvalue weighted by Gasteiger charge is 2.11. The molecule has 0 fully saturated rings. The Bertz CT molecular complexity index is 1020. The molecule has 0 unspecified atom stereocenters. The van der Waals surface area contributed by atoms with Crippen molar-refractivity contribution in [3.63, 3.8) is 0 Å². The van der Waals surface area contributed by atoms with Gasteiger partial charge in [0, 0.05) is 5.39 Å². The average Bonchev–Trinajstić information content (AvgIpc) is 3.02. The molecule has 0 saturated heterocycles. The first-order chi connectivity index (χ1) is 12.2. The predicted octanol–water partition coefficient (Wildman–Crippen LogP) is 3.39. The van der Waals surface area contributed by atoms with Gasteiger partial charge in [0.2, 0.25) is 5.95 Å². The number of aromatic nitrogens is 4. The van der Waals surface area contributed by atoms with E-state index in [1.807, 2.05) is 55.5 Å². The maximum absolute atomic E-state index is 5.75. The van der Waals surface area contributed by atoms with Gasteiger partial charge in [0.15, 0.2) is 5.65 Å². The molecular weight excluding hydrogens is 314 g/mol. The van der Waals surface area contributed by atoms with Crippen molar-refractivity contribution in [3.05, 3.63) is 59.9 Å². The summed E-state index contributed by atoms with van der Waals surface area (Å²) in [6.45, 7) is 5.09. The molecule has 0 amide bonds. The van der Waals surface area contributed by atoms with E-state index in [1.54, 1.807) is 4.52 Å². The highest BCUT2D eigenvalue weighted by Crippen LogP contribution is 2.20. The second-order valence-electron chi connectivity index (χ2n) is 5.94. The third-order valence-electron chi connectivity index (χ3n) is 3.96. The number of fused-ring (bicyclic) bond motifs is 3. The van der Waals surface area contributed by atoms with Crippen LogP contribution in [-0.4, -0.2) is 32.7 Å². The number of hydrogen-bond acceptors (Lipinski definition) is 5. The summed E-state index contributed by atoms with van der Waals surface area (Å²) in [5.41, 5.74) is 2.92. The fraction of sp³-hybridized carbons (Fsp3) is 0.211. The molecular formula is C19H19N5O. The van der Waals surface area contributed by atoms with Gasteiger partial charge in [-0.15, -0.1) is 5.10 Å². The zero-order valence-electron chi connectivity index (χ0n) is 14.2. The molecule has 0 saturated carbocycles. The summed E-state index contributed by atoms with van der Waals surface area (Å²) in [7, 11) is 0. The van der Waals surface area contributed by atoms with Crippen LogP contribution in [0, 0.1) is 13.8 Å². The highest BCUT2D eigenvalue weighted by molar-refractivity contribution is 5.92. The maximum Gasteiger partial charge on any atom is 0.226 e. The second-order valence-corrected chi connectivity index (χ2v) is 5.94. The number of benzene rings is 2. The molecule has 0 atom stereocenters. The van der Waals surface area contributed by atoms with Crippen LogP contribution in [-0.2, 0) is 0 Å². The average molecular weight is 333 g/mol. The van der Waals surface area contributed by atoms with E-state index in [0.29, 0.717) is 19.1 Å². The van der Waals surface area contributed by atoms with Crippen molar-refractivity contribution in [1.82, 2.24) is 19.6 Å². The molecule has 0 aliphatic heterocycles. The molecule has 0 aliphatic rings. The van der Waals surface area contributed by atoms with Crippen LogP contribution in [0.15, 0.2) is 48.5 Å². The lowest BCUT2D eigenvalue weighted by atomic mass is 10.2. The van der Waals surface area contributed by atoms with E-state index < -0.39 is 0 Å². The molecule has 126 valence electrons. The monoisotopic (exact) mass is 333 g/mol. The Morgan fingerprint density at radius 1 is 1.00 bits per heavy atom. The third kappa shape index (κ3) is 3.10. The van der Waals surface area contributed by atoms with E-state index in [4.69, 9.17) is 4.74 Å². The third-order valence-corrected chi connectivity index (χ3v) is 3.96. The van der Waals surface area contributed by atoms with Crippen LogP contribution in [0.4, 0.5) is 5.95 Å². The number of para-hydroxylation sites is 1. The quantitative estimate of drug-likeness (QED) is 0.567. The zero-order chi connectivity index (χ0) is 17.2. The van der Waals surface area contributed by atoms with E-state index in [1.165, 1.54) is 5.56 Å². The van der Waals surface area contributed by atoms with E-state index in [2.05, 4.69) is 27.3 Å². The van der Waals surface area contributed by atoms with Crippen LogP contribution in [0.1, 0.15) is 11.4 Å². The summed E-state index contributed by atoms with van der Waals surface area (Å²) >= 11 is 0. The van der Waals surface area contributed by atoms with E-state index >= 15 is 0 Å². The molecule has 25 heavy (non-hydrogen) atoms. The number of ether oxygens (including phenoxy) is 1. The Kier molecular flexibility index (Phi) is 3.93. The van der Waals surface area contributed by atoms with Crippen LogP contribution < -0.4 is 10.1 Å². The van der Waals surface area contributed by atoms with Crippen molar-refractivity contribution in [3.8, 4) is 5.75 Å². The Morgan fingerprint density at radius 3 is 2.64 bits per heavy atom. The Balaban J connectivity index is 1.53. The largest absolute Gasteiger partial charge is 0.492 e. The first-order valence-corrected chi connectivity index (χ1v) is 8.26. The molecule has 2 aromatic heterocycles. The van der Waals surface area contributed by atoms with Crippen LogP contribution in [0.25, 0.3) is 16.6 Å². The number of aryl methyl sites for hydroxylation is 2. The van der Waals surface area contributed by atoms with Gasteiger partial charge in [0.25, 0.3) is 0 Å². The van der Waals surface area contributed by atoms with Gasteiger partial charge in [-0.1, -0.05) is 29.8 Å². The minimum Gasteiger partial charge on any atom is -0.492 e. The van der Waals surface area contributed by atoms with Crippen molar-refractivity contribution >= 4 is 22.5 Å². The Morgan fingerprint density at radius 2 is 1.80 bits per heavy atom. The van der Waals surface area contributed by atoms with Gasteiger partial charge >= 0.3 is 0 Å². The molecule has 6 nitrogen and oxygen atoms in total. The molecule has 0 spiro atoms. The standard InChI is InChI=1S/C19H19N5O/c1-13-7-9-15(10-8-13)25-12-11-20-19-22-17-6-4-3-5-16(17)18-21-14(2)23-24(18)19/h3-10H,11-12H2,1-2H3,(H,20,22). The van der Waals surface area contributed by atoms with Gasteiger partial charge in [-0.3, -0.25) is 0 Å². The molecule has 2 aromatic carbocycles. The summed E-state index contributed by atoms with van der Waals surface area (Å²) in [5, 5.41) is 8.74. The van der Waals surface area contributed by atoms with E-state index in [-0.39, 0.29) is 0 Å². The van der Waals surface area contributed by atoms with Gasteiger partial charge < -0.3 is 10.1 Å². The lowest BCUT2D eigenvalue weighted by Crippen LogP contribution is -2.15. The fourth-order valence-corrected chi connectivity index (χ4v) is 2.74. The van der Waals surface area contributed by atoms with E-state index in [0.717, 1.165) is 28.1 Å². The van der Waals surface area contributed by atoms with Gasteiger partial charge in [-0.2, -0.15) is 4.52 Å². The number of nitrogens with one attached hydrogen (secondary N) is 1. The first-order valence-electron chi connectivity index (χ1n) is 8.26. The van der Waals surface area contributed by atoms with Crippen LogP contribution in [0.2, 0.25) is 0 Å². The van der Waals surface area contributed by atoms with Crippen LogP contribution in [0.5, 0.6) is 5.75 Å². The normalized spacial score (nSPS) is 11.1. The number of rotatable bonds is 5. The smallest absolute Gasteiger partial charge is 0.226 e. The van der Waals surface area contributed by atoms with Gasteiger partial charge in [0.05, 0.1) is 12.1 Å². The van der Waals surface area contributed by atoms with Crippen LogP contribution >= 0.6 is 0 Å². The summed E-state index contributed by atoms with van der Waals surface area (Å²) in [5.74, 6) is 2.25. The Hall–Kier alpha value is -3.15. The Labute approximate surface area is 145 Å². The molecule has 1 N–H and O–H groups in total. The zero-order valence-corrected chi connectivity index (χ0v) is 14.2. The van der Waals surface area contributed by atoms with Crippen molar-refractivity contribution in [1.29, 1.82) is 0 Å². The van der Waals surface area contributed by atoms with Crippen molar-refractivity contribution in [2.75, 3.05) is 18.5 Å². The van der Waals surface area contributed by atoms with Gasteiger partial charge in [-0.25, -0.2) is 9.97 Å². The summed E-state index contributed by atoms with van der Waals surface area (Å²) in [6, 6.07) is 16.0. The molecule has 4 aromatic rings. The molecule has 2 heterocycles. The highest BCUT2D eigenvalue weighted by atomic mass is 16.5. The molecule has 0 aliphatic carbocycles. The number of anilines is 1. The minimum absolute atomic E-state index is 0.534. The van der Waals surface area contributed by atoms with Crippen molar-refractivity contribution in [2.24, 2.45) is 0 Å². The summed E-state index contributed by atoms with van der Waals surface area (Å²) in [6.07, 6.45) is 0. The summed E-state index contributed by atoms with van der Waals surface area (Å²) in [4.78, 5) is 9.19. The number of nitrogens with zero attached hydrogens (tertiary/aromatic N) is 4. The molecule has 0 bridgehead atoms. The first kappa shape index (κ1) is 15.4. The van der Waals surface area contributed by atoms with Crippen LogP contribution in [0.3, 0.4) is 0 Å². The fourth-order valence-electron chi connectivity index (χ4n) is 2.74. The maximum atomic E-state index is 5.75. The molecule has 6 heteroatoms. The van der Waals surface area contributed by atoms with Gasteiger partial charge in [0.1, 0.15) is 18.2 Å². The topological polar surface area (TPSA) is 64.3 Å². The lowest BCUT2D eigenvalue weighted by molar-refractivity contribution is 0.332. The minimum atomic E-state index is 0.534. The summed E-state index contributed by atoms with van der Waals surface area (Å²) < 4.78 is 7.51.